The summed E-state index contributed by atoms with van der Waals surface area (Å²) in [6.45, 7) is 2.30. The molecule has 0 radical (unpaired) electrons. The number of pyridine rings is 1. The lowest BCUT2D eigenvalue weighted by Gasteiger charge is -2.23. The summed E-state index contributed by atoms with van der Waals surface area (Å²) in [5.41, 5.74) is 1.99. The molecule has 2 rings (SSSR count). The standard InChI is InChI=1S/C15H18F3N3/c1-3-19-9-11-8-14(21(2)10-15(16,17)18)12-6-4-5-7-13(12)20-11/h4-8,19H,3,9-10H2,1-2H3. The van der Waals surface area contributed by atoms with Gasteiger partial charge in [-0.3, -0.25) is 4.98 Å². The number of benzene rings is 1. The highest BCUT2D eigenvalue weighted by atomic mass is 19.4. The maximum atomic E-state index is 12.6. The maximum absolute atomic E-state index is 12.6. The van der Waals surface area contributed by atoms with Crippen LogP contribution in [0, 0.1) is 0 Å². The maximum Gasteiger partial charge on any atom is 0.405 e. The number of aromatic nitrogens is 1. The average molecular weight is 297 g/mol. The lowest BCUT2D eigenvalue weighted by Crippen LogP contribution is -2.31. The Labute approximate surface area is 121 Å². The smallest absolute Gasteiger partial charge is 0.365 e. The molecular weight excluding hydrogens is 279 g/mol. The van der Waals surface area contributed by atoms with E-state index in [1.807, 2.05) is 19.1 Å². The fourth-order valence-electron chi connectivity index (χ4n) is 2.22. The Hall–Kier alpha value is -1.82. The van der Waals surface area contributed by atoms with E-state index in [1.165, 1.54) is 11.9 Å². The van der Waals surface area contributed by atoms with Crippen molar-refractivity contribution in [3.05, 3.63) is 36.0 Å². The average Bonchev–Trinajstić information content (AvgIpc) is 2.42. The predicted molar refractivity (Wildman–Crippen MR) is 78.4 cm³/mol. The molecule has 114 valence electrons. The topological polar surface area (TPSA) is 28.2 Å². The molecule has 1 aromatic carbocycles. The van der Waals surface area contributed by atoms with Gasteiger partial charge in [0.1, 0.15) is 6.54 Å². The zero-order valence-corrected chi connectivity index (χ0v) is 12.0. The number of fused-ring (bicyclic) bond motifs is 1. The van der Waals surface area contributed by atoms with Crippen molar-refractivity contribution in [2.45, 2.75) is 19.6 Å². The Morgan fingerprint density at radius 3 is 2.62 bits per heavy atom. The van der Waals surface area contributed by atoms with Gasteiger partial charge >= 0.3 is 6.18 Å². The minimum atomic E-state index is -4.24. The molecule has 0 aliphatic carbocycles. The summed E-state index contributed by atoms with van der Waals surface area (Å²) in [6.07, 6.45) is -4.24. The van der Waals surface area contributed by atoms with Crippen LogP contribution in [0.25, 0.3) is 10.9 Å². The largest absolute Gasteiger partial charge is 0.405 e. The number of para-hydroxylation sites is 1. The SMILES string of the molecule is CCNCc1cc(N(C)CC(F)(F)F)c2ccccc2n1. The van der Waals surface area contributed by atoms with Crippen molar-refractivity contribution in [2.24, 2.45) is 0 Å². The van der Waals surface area contributed by atoms with Crippen LogP contribution in [-0.2, 0) is 6.54 Å². The third kappa shape index (κ3) is 4.07. The first-order valence-corrected chi connectivity index (χ1v) is 6.78. The molecule has 0 aliphatic rings. The molecule has 0 amide bonds. The van der Waals surface area contributed by atoms with Crippen LogP contribution in [0.15, 0.2) is 30.3 Å². The van der Waals surface area contributed by atoms with E-state index in [9.17, 15) is 13.2 Å². The summed E-state index contributed by atoms with van der Waals surface area (Å²) in [7, 11) is 1.45. The van der Waals surface area contributed by atoms with Crippen molar-refractivity contribution in [1.29, 1.82) is 0 Å². The summed E-state index contributed by atoms with van der Waals surface area (Å²) < 4.78 is 37.9. The molecule has 0 bridgehead atoms. The minimum absolute atomic E-state index is 0.536. The molecule has 1 aromatic heterocycles. The summed E-state index contributed by atoms with van der Waals surface area (Å²) in [4.78, 5) is 5.70. The number of nitrogens with zero attached hydrogens (tertiary/aromatic N) is 2. The fraction of sp³-hybridized carbons (Fsp3) is 0.400. The second kappa shape index (κ2) is 6.30. The van der Waals surface area contributed by atoms with Crippen LogP contribution in [0.4, 0.5) is 18.9 Å². The Bertz CT molecular complexity index is 611. The molecule has 3 nitrogen and oxygen atoms in total. The van der Waals surface area contributed by atoms with Gasteiger partial charge in [-0.2, -0.15) is 13.2 Å². The summed E-state index contributed by atoms with van der Waals surface area (Å²) in [6, 6.07) is 8.97. The molecule has 1 N–H and O–H groups in total. The van der Waals surface area contributed by atoms with E-state index in [0.29, 0.717) is 17.7 Å². The molecule has 6 heteroatoms. The van der Waals surface area contributed by atoms with Crippen LogP contribution in [0.3, 0.4) is 0 Å². The highest BCUT2D eigenvalue weighted by Crippen LogP contribution is 2.28. The van der Waals surface area contributed by atoms with E-state index in [1.54, 1.807) is 18.2 Å². The number of nitrogens with one attached hydrogen (secondary N) is 1. The first-order valence-electron chi connectivity index (χ1n) is 6.78. The van der Waals surface area contributed by atoms with Crippen molar-refractivity contribution < 1.29 is 13.2 Å². The number of halogens is 3. The van der Waals surface area contributed by atoms with Crippen molar-refractivity contribution in [1.82, 2.24) is 10.3 Å². The van der Waals surface area contributed by atoms with E-state index < -0.39 is 12.7 Å². The third-order valence-corrected chi connectivity index (χ3v) is 3.13. The Kier molecular flexibility index (Phi) is 4.67. The first kappa shape index (κ1) is 15.6. The molecule has 2 aromatic rings. The first-order chi connectivity index (χ1) is 9.90. The summed E-state index contributed by atoms with van der Waals surface area (Å²) in [5, 5.41) is 3.87. The van der Waals surface area contributed by atoms with E-state index in [-0.39, 0.29) is 0 Å². The van der Waals surface area contributed by atoms with Crippen LogP contribution in [-0.4, -0.2) is 31.3 Å². The van der Waals surface area contributed by atoms with Crippen molar-refractivity contribution in [3.8, 4) is 0 Å². The third-order valence-electron chi connectivity index (χ3n) is 3.13. The van der Waals surface area contributed by atoms with Gasteiger partial charge in [0, 0.05) is 24.7 Å². The molecule has 0 spiro atoms. The fourth-order valence-corrected chi connectivity index (χ4v) is 2.22. The normalized spacial score (nSPS) is 11.9. The van der Waals surface area contributed by atoms with Crippen LogP contribution < -0.4 is 10.2 Å². The van der Waals surface area contributed by atoms with Gasteiger partial charge in [0.2, 0.25) is 0 Å². The quantitative estimate of drug-likeness (QED) is 0.917. The number of hydrogen-bond acceptors (Lipinski definition) is 3. The van der Waals surface area contributed by atoms with Gasteiger partial charge in [-0.05, 0) is 18.7 Å². The van der Waals surface area contributed by atoms with E-state index >= 15 is 0 Å². The highest BCUT2D eigenvalue weighted by molar-refractivity contribution is 5.91. The minimum Gasteiger partial charge on any atom is -0.365 e. The monoisotopic (exact) mass is 297 g/mol. The van der Waals surface area contributed by atoms with Gasteiger partial charge in [-0.15, -0.1) is 0 Å². The van der Waals surface area contributed by atoms with Gasteiger partial charge in [-0.25, -0.2) is 0 Å². The zero-order chi connectivity index (χ0) is 15.5. The van der Waals surface area contributed by atoms with Gasteiger partial charge in [0.05, 0.1) is 11.2 Å². The molecule has 0 fully saturated rings. The van der Waals surface area contributed by atoms with Gasteiger partial charge < -0.3 is 10.2 Å². The van der Waals surface area contributed by atoms with Crippen LogP contribution in [0.1, 0.15) is 12.6 Å². The zero-order valence-electron chi connectivity index (χ0n) is 12.0. The van der Waals surface area contributed by atoms with Crippen molar-refractivity contribution in [3.63, 3.8) is 0 Å². The number of hydrogen-bond donors (Lipinski definition) is 1. The second-order valence-electron chi connectivity index (χ2n) is 4.90. The second-order valence-corrected chi connectivity index (χ2v) is 4.90. The van der Waals surface area contributed by atoms with E-state index in [4.69, 9.17) is 0 Å². The number of alkyl halides is 3. The lowest BCUT2D eigenvalue weighted by atomic mass is 10.1. The Balaban J connectivity index is 2.43. The molecule has 21 heavy (non-hydrogen) atoms. The molecular formula is C15H18F3N3. The van der Waals surface area contributed by atoms with Crippen LogP contribution in [0.5, 0.6) is 0 Å². The number of anilines is 1. The van der Waals surface area contributed by atoms with Gasteiger partial charge in [-0.1, -0.05) is 25.1 Å². The van der Waals surface area contributed by atoms with Gasteiger partial charge in [0.15, 0.2) is 0 Å². The summed E-state index contributed by atoms with van der Waals surface area (Å²) in [5.74, 6) is 0. The van der Waals surface area contributed by atoms with Crippen molar-refractivity contribution >= 4 is 16.6 Å². The highest BCUT2D eigenvalue weighted by Gasteiger charge is 2.30. The van der Waals surface area contributed by atoms with E-state index in [0.717, 1.165) is 17.6 Å². The molecule has 0 unspecified atom stereocenters. The Morgan fingerprint density at radius 1 is 1.24 bits per heavy atom. The van der Waals surface area contributed by atoms with Crippen LogP contribution >= 0.6 is 0 Å². The Morgan fingerprint density at radius 2 is 1.95 bits per heavy atom. The molecule has 0 saturated heterocycles. The molecule has 1 heterocycles. The summed E-state index contributed by atoms with van der Waals surface area (Å²) >= 11 is 0. The predicted octanol–water partition coefficient (Wildman–Crippen LogP) is 3.34. The lowest BCUT2D eigenvalue weighted by molar-refractivity contribution is -0.119. The molecule has 0 aliphatic heterocycles. The molecule has 0 saturated carbocycles. The van der Waals surface area contributed by atoms with Gasteiger partial charge in [0.25, 0.3) is 0 Å². The number of rotatable bonds is 5. The van der Waals surface area contributed by atoms with E-state index in [2.05, 4.69) is 10.3 Å². The van der Waals surface area contributed by atoms with Crippen LogP contribution in [0.2, 0.25) is 0 Å². The van der Waals surface area contributed by atoms with Crippen molar-refractivity contribution in [2.75, 3.05) is 25.0 Å². The molecule has 0 atom stereocenters.